The fraction of sp³-hybridized carbons (Fsp3) is 0.174. The Morgan fingerprint density at radius 2 is 1.79 bits per heavy atom. The third kappa shape index (κ3) is 3.86. The lowest BCUT2D eigenvalue weighted by Crippen LogP contribution is -2.27. The van der Waals surface area contributed by atoms with Crippen molar-refractivity contribution in [2.45, 2.75) is 26.3 Å². The van der Waals surface area contributed by atoms with Gasteiger partial charge in [-0.1, -0.05) is 24.1 Å². The Labute approximate surface area is 164 Å². The number of benzene rings is 1. The van der Waals surface area contributed by atoms with Crippen LogP contribution in [0.5, 0.6) is 0 Å². The molecular formula is C23H21N5. The van der Waals surface area contributed by atoms with Crippen LogP contribution in [0.1, 0.15) is 32.0 Å². The minimum absolute atomic E-state index is 0.109. The Morgan fingerprint density at radius 1 is 0.964 bits per heavy atom. The summed E-state index contributed by atoms with van der Waals surface area (Å²) >= 11 is 0. The molecule has 0 fully saturated rings. The summed E-state index contributed by atoms with van der Waals surface area (Å²) in [6, 6.07) is 13.8. The topological polar surface area (TPSA) is 55.1 Å². The minimum Gasteiger partial charge on any atom is -0.365 e. The second-order valence-electron chi connectivity index (χ2n) is 7.54. The molecule has 138 valence electrons. The van der Waals surface area contributed by atoms with Gasteiger partial charge in [0.15, 0.2) is 5.65 Å². The van der Waals surface area contributed by atoms with E-state index in [0.29, 0.717) is 0 Å². The van der Waals surface area contributed by atoms with Gasteiger partial charge in [0, 0.05) is 35.3 Å². The van der Waals surface area contributed by atoms with Crippen molar-refractivity contribution < 1.29 is 0 Å². The average Bonchev–Trinajstić information content (AvgIpc) is 3.05. The van der Waals surface area contributed by atoms with Crippen LogP contribution in [0.3, 0.4) is 0 Å². The summed E-state index contributed by atoms with van der Waals surface area (Å²) in [4.78, 5) is 13.4. The van der Waals surface area contributed by atoms with Crippen molar-refractivity contribution in [2.75, 3.05) is 5.32 Å². The van der Waals surface area contributed by atoms with Crippen LogP contribution in [0.2, 0.25) is 0 Å². The second-order valence-corrected chi connectivity index (χ2v) is 7.54. The second kappa shape index (κ2) is 7.16. The standard InChI is InChI=1S/C23H21N5/c1-23(2,3)27-22-21(26-20-16-24-13-14-28(20)22)18-10-12-19(25-15-18)11-9-17-7-5-4-6-8-17/h4-8,10,12-16,27H,1-3H3. The van der Waals surface area contributed by atoms with Gasteiger partial charge in [-0.2, -0.15) is 0 Å². The summed E-state index contributed by atoms with van der Waals surface area (Å²) in [5, 5.41) is 3.55. The van der Waals surface area contributed by atoms with Gasteiger partial charge in [0.1, 0.15) is 17.2 Å². The van der Waals surface area contributed by atoms with E-state index >= 15 is 0 Å². The molecule has 0 bridgehead atoms. The molecule has 0 amide bonds. The molecule has 0 aliphatic heterocycles. The maximum Gasteiger partial charge on any atom is 0.157 e. The van der Waals surface area contributed by atoms with E-state index in [1.807, 2.05) is 59.3 Å². The Morgan fingerprint density at radius 3 is 2.50 bits per heavy atom. The van der Waals surface area contributed by atoms with Crippen molar-refractivity contribution in [3.8, 4) is 23.1 Å². The number of anilines is 1. The molecule has 0 atom stereocenters. The van der Waals surface area contributed by atoms with E-state index in [0.717, 1.165) is 34.0 Å². The van der Waals surface area contributed by atoms with E-state index in [4.69, 9.17) is 4.98 Å². The molecule has 5 heteroatoms. The van der Waals surface area contributed by atoms with Crippen LogP contribution in [-0.4, -0.2) is 24.9 Å². The summed E-state index contributed by atoms with van der Waals surface area (Å²) in [7, 11) is 0. The normalized spacial score (nSPS) is 11.1. The highest BCUT2D eigenvalue weighted by Crippen LogP contribution is 2.30. The number of pyridine rings is 1. The zero-order valence-corrected chi connectivity index (χ0v) is 16.1. The predicted octanol–water partition coefficient (Wildman–Crippen LogP) is 4.40. The summed E-state index contributed by atoms with van der Waals surface area (Å²) in [5.41, 5.74) is 4.15. The Balaban J connectivity index is 1.70. The van der Waals surface area contributed by atoms with Crippen molar-refractivity contribution in [1.82, 2.24) is 19.4 Å². The van der Waals surface area contributed by atoms with Crippen LogP contribution >= 0.6 is 0 Å². The van der Waals surface area contributed by atoms with Gasteiger partial charge < -0.3 is 5.32 Å². The van der Waals surface area contributed by atoms with Crippen molar-refractivity contribution in [3.63, 3.8) is 0 Å². The van der Waals surface area contributed by atoms with Crippen molar-refractivity contribution >= 4 is 11.5 Å². The fourth-order valence-electron chi connectivity index (χ4n) is 2.85. The van der Waals surface area contributed by atoms with Gasteiger partial charge >= 0.3 is 0 Å². The number of nitrogens with zero attached hydrogens (tertiary/aromatic N) is 4. The van der Waals surface area contributed by atoms with Crippen molar-refractivity contribution in [3.05, 3.63) is 78.5 Å². The molecule has 0 aliphatic rings. The van der Waals surface area contributed by atoms with Gasteiger partial charge in [0.25, 0.3) is 0 Å². The molecule has 0 unspecified atom stereocenters. The summed E-state index contributed by atoms with van der Waals surface area (Å²) in [6.45, 7) is 6.37. The van der Waals surface area contributed by atoms with Crippen LogP contribution in [-0.2, 0) is 0 Å². The molecule has 3 heterocycles. The molecule has 5 nitrogen and oxygen atoms in total. The van der Waals surface area contributed by atoms with Gasteiger partial charge in [-0.15, -0.1) is 0 Å². The van der Waals surface area contributed by atoms with Crippen LogP contribution in [0.25, 0.3) is 16.9 Å². The number of rotatable bonds is 2. The summed E-state index contributed by atoms with van der Waals surface area (Å²) in [6.07, 6.45) is 7.24. The van der Waals surface area contributed by atoms with Gasteiger partial charge in [0.05, 0.1) is 6.20 Å². The monoisotopic (exact) mass is 367 g/mol. The zero-order chi connectivity index (χ0) is 19.6. The Bertz CT molecular complexity index is 1160. The summed E-state index contributed by atoms with van der Waals surface area (Å²) in [5.74, 6) is 7.16. The largest absolute Gasteiger partial charge is 0.365 e. The lowest BCUT2D eigenvalue weighted by atomic mass is 10.1. The van der Waals surface area contributed by atoms with Gasteiger partial charge in [-0.05, 0) is 51.0 Å². The molecule has 4 aromatic rings. The lowest BCUT2D eigenvalue weighted by Gasteiger charge is -2.22. The number of hydrogen-bond acceptors (Lipinski definition) is 4. The lowest BCUT2D eigenvalue weighted by molar-refractivity contribution is 0.629. The SMILES string of the molecule is CC(C)(C)Nc1c(-c2ccc(C#Cc3ccccc3)nc2)nc2cnccn12. The predicted molar refractivity (Wildman–Crippen MR) is 112 cm³/mol. The molecule has 0 saturated heterocycles. The van der Waals surface area contributed by atoms with Crippen molar-refractivity contribution in [1.29, 1.82) is 0 Å². The highest BCUT2D eigenvalue weighted by molar-refractivity contribution is 5.76. The smallest absolute Gasteiger partial charge is 0.157 e. The van der Waals surface area contributed by atoms with Gasteiger partial charge in [-0.25, -0.2) is 9.97 Å². The Hall–Kier alpha value is -3.65. The zero-order valence-electron chi connectivity index (χ0n) is 16.1. The first-order chi connectivity index (χ1) is 13.5. The maximum atomic E-state index is 4.75. The van der Waals surface area contributed by atoms with Crippen LogP contribution < -0.4 is 5.32 Å². The highest BCUT2D eigenvalue weighted by atomic mass is 15.2. The number of hydrogen-bond donors (Lipinski definition) is 1. The quantitative estimate of drug-likeness (QED) is 0.534. The molecule has 1 aromatic carbocycles. The molecule has 0 aliphatic carbocycles. The van der Waals surface area contributed by atoms with Crippen molar-refractivity contribution in [2.24, 2.45) is 0 Å². The number of imidazole rings is 1. The molecule has 1 N–H and O–H groups in total. The molecule has 3 aromatic heterocycles. The number of nitrogens with one attached hydrogen (secondary N) is 1. The first-order valence-corrected chi connectivity index (χ1v) is 9.13. The molecular weight excluding hydrogens is 346 g/mol. The van der Waals surface area contributed by atoms with Gasteiger partial charge in [-0.3, -0.25) is 9.38 Å². The van der Waals surface area contributed by atoms with Crippen LogP contribution in [0.4, 0.5) is 5.82 Å². The first-order valence-electron chi connectivity index (χ1n) is 9.13. The fourth-order valence-corrected chi connectivity index (χ4v) is 2.85. The summed E-state index contributed by atoms with van der Waals surface area (Å²) < 4.78 is 2.01. The van der Waals surface area contributed by atoms with Crippen LogP contribution in [0.15, 0.2) is 67.3 Å². The van der Waals surface area contributed by atoms with E-state index in [-0.39, 0.29) is 5.54 Å². The van der Waals surface area contributed by atoms with Crippen LogP contribution in [0, 0.1) is 11.8 Å². The molecule has 0 saturated carbocycles. The maximum absolute atomic E-state index is 4.75. The van der Waals surface area contributed by atoms with E-state index in [9.17, 15) is 0 Å². The molecule has 4 rings (SSSR count). The van der Waals surface area contributed by atoms with E-state index in [1.54, 1.807) is 12.4 Å². The number of aromatic nitrogens is 4. The third-order valence-corrected chi connectivity index (χ3v) is 4.07. The third-order valence-electron chi connectivity index (χ3n) is 4.07. The highest BCUT2D eigenvalue weighted by Gasteiger charge is 2.19. The van der Waals surface area contributed by atoms with E-state index in [2.05, 4.69) is 47.9 Å². The minimum atomic E-state index is -0.109. The van der Waals surface area contributed by atoms with Gasteiger partial charge in [0.2, 0.25) is 0 Å². The number of fused-ring (bicyclic) bond motifs is 1. The first kappa shape index (κ1) is 17.7. The molecule has 0 spiro atoms. The van der Waals surface area contributed by atoms with E-state index in [1.165, 1.54) is 0 Å². The average molecular weight is 367 g/mol. The van der Waals surface area contributed by atoms with E-state index < -0.39 is 0 Å². The Kier molecular flexibility index (Phi) is 4.54. The molecule has 28 heavy (non-hydrogen) atoms. The molecule has 0 radical (unpaired) electrons.